The molecule has 1 aliphatic rings. The van der Waals surface area contributed by atoms with Crippen LogP contribution in [0.25, 0.3) is 10.4 Å². The van der Waals surface area contributed by atoms with Gasteiger partial charge in [0.1, 0.15) is 0 Å². The second-order valence-electron chi connectivity index (χ2n) is 7.36. The number of benzene rings is 1. The van der Waals surface area contributed by atoms with Gasteiger partial charge in [-0.3, -0.25) is 9.59 Å². The lowest BCUT2D eigenvalue weighted by Gasteiger charge is -2.42. The standard InChI is InChI=1S/C23H28N2O2S/c1-3-13-24-22(27)23(12-8-14-25(17-23)21(26)4-2)16-18-9-5-6-10-19(18)20-11-7-15-28-20/h3,5-7,9-11,15H,1,4,8,12-14,16-17H2,2H3,(H,24,27)/t23-/m0/s1. The van der Waals surface area contributed by atoms with Gasteiger partial charge in [0, 0.05) is 30.9 Å². The van der Waals surface area contributed by atoms with Gasteiger partial charge in [-0.25, -0.2) is 0 Å². The molecule has 0 saturated carbocycles. The van der Waals surface area contributed by atoms with E-state index in [0.29, 0.717) is 25.9 Å². The minimum absolute atomic E-state index is 0.0157. The van der Waals surface area contributed by atoms with Gasteiger partial charge in [0.05, 0.1) is 5.41 Å². The summed E-state index contributed by atoms with van der Waals surface area (Å²) in [5.41, 5.74) is 1.72. The summed E-state index contributed by atoms with van der Waals surface area (Å²) in [6.07, 6.45) is 4.41. The number of carbonyl (C=O) groups is 2. The fraction of sp³-hybridized carbons (Fsp3) is 0.391. The summed E-state index contributed by atoms with van der Waals surface area (Å²) in [6, 6.07) is 12.5. The molecular weight excluding hydrogens is 368 g/mol. The zero-order valence-electron chi connectivity index (χ0n) is 16.4. The lowest BCUT2D eigenvalue weighted by atomic mass is 9.73. The zero-order valence-corrected chi connectivity index (χ0v) is 17.3. The smallest absolute Gasteiger partial charge is 0.228 e. The van der Waals surface area contributed by atoms with Crippen LogP contribution >= 0.6 is 11.3 Å². The van der Waals surface area contributed by atoms with Gasteiger partial charge in [-0.1, -0.05) is 43.3 Å². The molecule has 2 aromatic rings. The molecule has 0 radical (unpaired) electrons. The molecular formula is C23H28N2O2S. The Bertz CT molecular complexity index is 831. The molecule has 148 valence electrons. The Hall–Kier alpha value is -2.40. The van der Waals surface area contributed by atoms with Crippen molar-refractivity contribution in [3.8, 4) is 10.4 Å². The molecule has 0 bridgehead atoms. The Morgan fingerprint density at radius 1 is 1.29 bits per heavy atom. The van der Waals surface area contributed by atoms with Crippen molar-refractivity contribution >= 4 is 23.2 Å². The van der Waals surface area contributed by atoms with Gasteiger partial charge in [0.25, 0.3) is 0 Å². The molecule has 2 amide bonds. The lowest BCUT2D eigenvalue weighted by Crippen LogP contribution is -2.54. The molecule has 0 aliphatic carbocycles. The predicted molar refractivity (Wildman–Crippen MR) is 115 cm³/mol. The fourth-order valence-electron chi connectivity index (χ4n) is 4.04. The summed E-state index contributed by atoms with van der Waals surface area (Å²) in [5, 5.41) is 5.07. The number of nitrogens with one attached hydrogen (secondary N) is 1. The molecule has 3 rings (SSSR count). The Morgan fingerprint density at radius 2 is 2.11 bits per heavy atom. The summed E-state index contributed by atoms with van der Waals surface area (Å²) in [5.74, 6) is 0.133. The van der Waals surface area contributed by atoms with E-state index in [1.54, 1.807) is 17.4 Å². The Labute approximate surface area is 171 Å². The van der Waals surface area contributed by atoms with Crippen molar-refractivity contribution in [2.45, 2.75) is 32.6 Å². The van der Waals surface area contributed by atoms with E-state index in [1.807, 2.05) is 30.0 Å². The average Bonchev–Trinajstić information content (AvgIpc) is 3.26. The van der Waals surface area contributed by atoms with Crippen molar-refractivity contribution in [3.63, 3.8) is 0 Å². The molecule has 0 unspecified atom stereocenters. The third-order valence-electron chi connectivity index (χ3n) is 5.45. The number of hydrogen-bond acceptors (Lipinski definition) is 3. The maximum absolute atomic E-state index is 13.2. The summed E-state index contributed by atoms with van der Waals surface area (Å²) in [7, 11) is 0. The maximum Gasteiger partial charge on any atom is 0.228 e. The Kier molecular flexibility index (Phi) is 6.68. The van der Waals surface area contributed by atoms with E-state index < -0.39 is 5.41 Å². The first-order valence-corrected chi connectivity index (χ1v) is 10.8. The first kappa shape index (κ1) is 20.3. The molecule has 0 spiro atoms. The number of rotatable bonds is 7. The third kappa shape index (κ3) is 4.36. The van der Waals surface area contributed by atoms with E-state index in [-0.39, 0.29) is 11.8 Å². The van der Waals surface area contributed by atoms with Crippen molar-refractivity contribution in [2.24, 2.45) is 5.41 Å². The van der Waals surface area contributed by atoms with Crippen LogP contribution in [-0.4, -0.2) is 36.3 Å². The van der Waals surface area contributed by atoms with Crippen molar-refractivity contribution < 1.29 is 9.59 Å². The normalized spacial score (nSPS) is 19.2. The van der Waals surface area contributed by atoms with Crippen LogP contribution in [-0.2, 0) is 16.0 Å². The first-order valence-electron chi connectivity index (χ1n) is 9.88. The van der Waals surface area contributed by atoms with Crippen LogP contribution < -0.4 is 5.32 Å². The van der Waals surface area contributed by atoms with Crippen LogP contribution in [0.15, 0.2) is 54.4 Å². The van der Waals surface area contributed by atoms with Crippen molar-refractivity contribution in [1.29, 1.82) is 0 Å². The molecule has 1 aromatic heterocycles. The van der Waals surface area contributed by atoms with E-state index in [0.717, 1.165) is 24.9 Å². The number of amides is 2. The largest absolute Gasteiger partial charge is 0.352 e. The summed E-state index contributed by atoms with van der Waals surface area (Å²) >= 11 is 1.70. The SMILES string of the molecule is C=CCNC(=O)[C@]1(Cc2ccccc2-c2cccs2)CCCN(C(=O)CC)C1. The number of piperidine rings is 1. The van der Waals surface area contributed by atoms with Crippen molar-refractivity contribution in [2.75, 3.05) is 19.6 Å². The third-order valence-corrected chi connectivity index (χ3v) is 6.36. The molecule has 1 fully saturated rings. The highest BCUT2D eigenvalue weighted by atomic mass is 32.1. The van der Waals surface area contributed by atoms with Crippen LogP contribution in [0.5, 0.6) is 0 Å². The van der Waals surface area contributed by atoms with Gasteiger partial charge in [-0.05, 0) is 41.8 Å². The first-order chi connectivity index (χ1) is 13.6. The molecule has 1 aliphatic heterocycles. The van der Waals surface area contributed by atoms with Crippen LogP contribution in [0.4, 0.5) is 0 Å². The van der Waals surface area contributed by atoms with Gasteiger partial charge < -0.3 is 10.2 Å². The minimum Gasteiger partial charge on any atom is -0.352 e. The molecule has 1 atom stereocenters. The molecule has 1 saturated heterocycles. The molecule has 1 aromatic carbocycles. The van der Waals surface area contributed by atoms with E-state index in [2.05, 4.69) is 35.5 Å². The number of carbonyl (C=O) groups excluding carboxylic acids is 2. The fourth-order valence-corrected chi connectivity index (χ4v) is 4.83. The average molecular weight is 397 g/mol. The lowest BCUT2D eigenvalue weighted by molar-refractivity contribution is -0.141. The Morgan fingerprint density at radius 3 is 2.82 bits per heavy atom. The molecule has 1 N–H and O–H groups in total. The second-order valence-corrected chi connectivity index (χ2v) is 8.31. The predicted octanol–water partition coefficient (Wildman–Crippen LogP) is 4.28. The highest BCUT2D eigenvalue weighted by Crippen LogP contribution is 2.38. The number of hydrogen-bond donors (Lipinski definition) is 1. The van der Waals surface area contributed by atoms with Crippen molar-refractivity contribution in [1.82, 2.24) is 10.2 Å². The van der Waals surface area contributed by atoms with E-state index in [9.17, 15) is 9.59 Å². The maximum atomic E-state index is 13.2. The molecule has 5 heteroatoms. The number of nitrogens with zero attached hydrogens (tertiary/aromatic N) is 1. The van der Waals surface area contributed by atoms with Gasteiger partial charge in [0.15, 0.2) is 0 Å². The molecule has 2 heterocycles. The summed E-state index contributed by atoms with van der Waals surface area (Å²) < 4.78 is 0. The van der Waals surface area contributed by atoms with Gasteiger partial charge >= 0.3 is 0 Å². The highest BCUT2D eigenvalue weighted by Gasteiger charge is 2.43. The number of thiophene rings is 1. The van der Waals surface area contributed by atoms with Crippen LogP contribution in [0.2, 0.25) is 0 Å². The van der Waals surface area contributed by atoms with E-state index in [1.165, 1.54) is 10.4 Å². The summed E-state index contributed by atoms with van der Waals surface area (Å²) in [4.78, 5) is 28.7. The van der Waals surface area contributed by atoms with Crippen LogP contribution in [0, 0.1) is 5.41 Å². The highest BCUT2D eigenvalue weighted by molar-refractivity contribution is 7.13. The van der Waals surface area contributed by atoms with Crippen LogP contribution in [0.1, 0.15) is 31.7 Å². The van der Waals surface area contributed by atoms with Gasteiger partial charge in [0.2, 0.25) is 11.8 Å². The van der Waals surface area contributed by atoms with E-state index in [4.69, 9.17) is 0 Å². The zero-order chi connectivity index (χ0) is 20.0. The van der Waals surface area contributed by atoms with Crippen molar-refractivity contribution in [3.05, 3.63) is 60.0 Å². The number of likely N-dealkylation sites (tertiary alicyclic amines) is 1. The topological polar surface area (TPSA) is 49.4 Å². The minimum atomic E-state index is -0.612. The Balaban J connectivity index is 1.96. The summed E-state index contributed by atoms with van der Waals surface area (Å²) in [6.45, 7) is 7.23. The second kappa shape index (κ2) is 9.20. The van der Waals surface area contributed by atoms with Gasteiger partial charge in [-0.15, -0.1) is 17.9 Å². The van der Waals surface area contributed by atoms with Crippen LogP contribution in [0.3, 0.4) is 0 Å². The van der Waals surface area contributed by atoms with E-state index >= 15 is 0 Å². The quantitative estimate of drug-likeness (QED) is 0.710. The molecule has 28 heavy (non-hydrogen) atoms. The monoisotopic (exact) mass is 396 g/mol. The van der Waals surface area contributed by atoms with Gasteiger partial charge in [-0.2, -0.15) is 0 Å². The molecule has 4 nitrogen and oxygen atoms in total.